The van der Waals surface area contributed by atoms with E-state index in [1.54, 1.807) is 20.0 Å². The van der Waals surface area contributed by atoms with Crippen LogP contribution in [-0.2, 0) is 106 Å². The Morgan fingerprint density at radius 2 is 0.706 bits per heavy atom. The Hall–Kier alpha value is -9.41. The molecule has 5 aromatic heterocycles. The second-order valence-corrected chi connectivity index (χ2v) is 34.8. The first kappa shape index (κ1) is 107. The molecule has 126 heavy (non-hydrogen) atoms. The Labute approximate surface area is 806 Å². The van der Waals surface area contributed by atoms with Crippen LogP contribution in [0.15, 0.2) is 266 Å². The minimum atomic E-state index is -0.646. The third-order valence-electron chi connectivity index (χ3n) is 20.5. The van der Waals surface area contributed by atoms with Gasteiger partial charge in [0.25, 0.3) is 0 Å². The molecule has 2 atom stereocenters. The van der Waals surface area contributed by atoms with Crippen molar-refractivity contribution in [3.8, 4) is 56.3 Å². The Bertz CT molecular complexity index is 5640. The predicted octanol–water partition coefficient (Wildman–Crippen LogP) is 28.6. The number of hydrogen-bond donors (Lipinski definition) is 4. The van der Waals surface area contributed by atoms with Gasteiger partial charge in [0.2, 0.25) is 0 Å². The summed E-state index contributed by atoms with van der Waals surface area (Å²) in [5.74, 6) is 1.71. The summed E-state index contributed by atoms with van der Waals surface area (Å²) < 4.78 is 0. The molecule has 4 N–H and O–H groups in total. The van der Waals surface area contributed by atoms with Crippen LogP contribution in [0.5, 0.6) is 0 Å². The normalized spacial score (nSPS) is 11.7. The first-order valence-corrected chi connectivity index (χ1v) is 42.7. The number of allylic oxidation sites excluding steroid dienone is 2. The van der Waals surface area contributed by atoms with Crippen LogP contribution >= 0.6 is 0 Å². The second-order valence-electron chi connectivity index (χ2n) is 34.8. The van der Waals surface area contributed by atoms with Crippen LogP contribution in [0.25, 0.3) is 105 Å². The van der Waals surface area contributed by atoms with E-state index >= 15 is 0 Å². The molecule has 9 nitrogen and oxygen atoms in total. The number of rotatable bonds is 14. The zero-order valence-electron chi connectivity index (χ0n) is 77.2. The molecule has 0 fully saturated rings. The van der Waals surface area contributed by atoms with Crippen molar-refractivity contribution in [2.24, 2.45) is 22.7 Å². The van der Waals surface area contributed by atoms with Crippen molar-refractivity contribution in [3.05, 3.63) is 369 Å². The molecule has 2 unspecified atom stereocenters. The van der Waals surface area contributed by atoms with Crippen LogP contribution in [0.2, 0.25) is 0 Å². The molecule has 0 amide bonds. The Balaban J connectivity index is 0.000000263. The Morgan fingerprint density at radius 3 is 0.984 bits per heavy atom. The Kier molecular flexibility index (Phi) is 43.3. The maximum atomic E-state index is 9.68. The summed E-state index contributed by atoms with van der Waals surface area (Å²) in [7, 11) is 0. The van der Waals surface area contributed by atoms with Gasteiger partial charge in [0.15, 0.2) is 0 Å². The van der Waals surface area contributed by atoms with E-state index in [4.69, 9.17) is 19.9 Å². The molecular weight excluding hydrogens is 2260 g/mol. The van der Waals surface area contributed by atoms with Crippen molar-refractivity contribution < 1.29 is 101 Å². The van der Waals surface area contributed by atoms with Crippen LogP contribution in [0.1, 0.15) is 169 Å². The van der Waals surface area contributed by atoms with Gasteiger partial charge in [0, 0.05) is 119 Å². The average Bonchev–Trinajstić information content (AvgIpc) is 0.809. The van der Waals surface area contributed by atoms with Gasteiger partial charge >= 0.3 is 0 Å². The molecule has 15 rings (SSSR count). The zero-order valence-corrected chi connectivity index (χ0v) is 86.8. The van der Waals surface area contributed by atoms with Crippen LogP contribution in [0, 0.1) is 108 Å². The van der Waals surface area contributed by atoms with Crippen molar-refractivity contribution in [3.63, 3.8) is 0 Å². The number of pyridine rings is 5. The molecule has 10 aromatic carbocycles. The van der Waals surface area contributed by atoms with Crippen LogP contribution in [0.4, 0.5) is 0 Å². The molecule has 0 saturated heterocycles. The van der Waals surface area contributed by atoms with Gasteiger partial charge < -0.3 is 25.4 Å². The minimum Gasteiger partial charge on any atom is -0.512 e. The maximum absolute atomic E-state index is 9.68. The van der Waals surface area contributed by atoms with Crippen molar-refractivity contribution in [2.75, 3.05) is 0 Å². The number of aliphatic hydroxyl groups excluding tert-OH is 4. The summed E-state index contributed by atoms with van der Waals surface area (Å²) in [6.45, 7) is 44.9. The van der Waals surface area contributed by atoms with Gasteiger partial charge in [0.1, 0.15) is 0 Å². The molecule has 0 bridgehead atoms. The SMILES string of the molecule is CC(C)(C)C(O)=CC(O)C(C)(C)C.CC(O)=C(c1ccccc1)C(C)O.CCc1cccc2nc(-c3[c-]c(C)cc(C)c3)ccc12.CCc1cccc2nc(-c3[c-]c(C)cc(C)c3)ccc12.Cc1[c-]c(-c2ccc3c(CC(C)C)cccc3n2)cc(C)c1.Cc1[c-]c(-c2ccc3c(CC(C)C)cccc3n2)cc(C)c1.[Ir].[Ir].[Ir].[Ir].[c-]1ccccc1-c1ccccn1. The Morgan fingerprint density at radius 1 is 0.373 bits per heavy atom. The van der Waals surface area contributed by atoms with E-state index in [2.05, 4.69) is 302 Å². The maximum Gasteiger partial charge on any atom is 0.0961 e. The summed E-state index contributed by atoms with van der Waals surface area (Å²) >= 11 is 0. The fraction of sp³-hybridized carbons (Fsp3) is 0.283. The van der Waals surface area contributed by atoms with E-state index in [9.17, 15) is 20.4 Å². The standard InChI is InChI=1S/2C21H22N.2C19H18N.C11H8N.C11H14O2.C11H22O2.4Ir/c2*1-14(2)10-17-6-5-7-21-19(17)8-9-20(22-21)18-12-15(3)11-16(4)13-18;2*1-4-15-6-5-7-19-17(15)8-9-18(20-19)16-11-13(2)10-14(3)12-16;1-2-6-10(7-3-1)11-8-4-5-9-12-11;1-8(12)11(9(2)13)10-6-4-3-5-7-10;1-10(2,3)8(12)7-9(13)11(4,5)6;;;;/h2*5-9,11-12,14H,10H2,1-4H3;2*5-11H,4H2,1-3H3;1-6,8-9H;3-8,12-13H,1-2H3;7-8,12-13H,1-6H3;;;;/q5*-1;;;;;;. The molecular formula is C113H124Ir4N5O4-5. The van der Waals surface area contributed by atoms with Crippen LogP contribution < -0.4 is 0 Å². The number of aromatic nitrogens is 5. The van der Waals surface area contributed by atoms with E-state index in [1.807, 2.05) is 114 Å². The van der Waals surface area contributed by atoms with E-state index in [1.165, 1.54) is 72.1 Å². The molecule has 0 spiro atoms. The van der Waals surface area contributed by atoms with Crippen molar-refractivity contribution in [1.82, 2.24) is 24.9 Å². The van der Waals surface area contributed by atoms with Crippen LogP contribution in [-0.4, -0.2) is 57.6 Å². The average molecular weight is 2390 g/mol. The smallest absolute Gasteiger partial charge is 0.0961 e. The number of aryl methyl sites for hydroxylation is 10. The zero-order chi connectivity index (χ0) is 88.5. The fourth-order valence-electron chi connectivity index (χ4n) is 14.6. The van der Waals surface area contributed by atoms with Gasteiger partial charge in [-0.3, -0.25) is 19.9 Å². The van der Waals surface area contributed by atoms with Gasteiger partial charge in [-0.05, 0) is 149 Å². The molecule has 0 aliphatic rings. The molecule has 4 radical (unpaired) electrons. The van der Waals surface area contributed by atoms with Crippen LogP contribution in [0.3, 0.4) is 0 Å². The van der Waals surface area contributed by atoms with E-state index < -0.39 is 12.2 Å². The number of hydrogen-bond acceptors (Lipinski definition) is 9. The summed E-state index contributed by atoms with van der Waals surface area (Å²) in [5, 5.41) is 43.1. The number of fused-ring (bicyclic) bond motifs is 4. The van der Waals surface area contributed by atoms with E-state index in [0.29, 0.717) is 17.4 Å². The van der Waals surface area contributed by atoms with Crippen molar-refractivity contribution in [2.45, 2.75) is 190 Å². The molecule has 15 aromatic rings. The molecule has 13 heteroatoms. The number of nitrogens with zero attached hydrogens (tertiary/aromatic N) is 5. The molecule has 0 aliphatic carbocycles. The second kappa shape index (κ2) is 51.0. The summed E-state index contributed by atoms with van der Waals surface area (Å²) in [4.78, 5) is 23.6. The van der Waals surface area contributed by atoms with Gasteiger partial charge in [-0.1, -0.05) is 278 Å². The number of benzene rings is 10. The predicted molar refractivity (Wildman–Crippen MR) is 515 cm³/mol. The van der Waals surface area contributed by atoms with Gasteiger partial charge in [0.05, 0.1) is 45.8 Å². The first-order valence-electron chi connectivity index (χ1n) is 42.7. The molecule has 0 aliphatic heterocycles. The molecule has 0 saturated carbocycles. The van der Waals surface area contributed by atoms with Gasteiger partial charge in [-0.15, -0.1) is 175 Å². The monoisotopic (exact) mass is 2390 g/mol. The largest absolute Gasteiger partial charge is 0.512 e. The summed E-state index contributed by atoms with van der Waals surface area (Å²) in [6.07, 6.45) is 6.32. The molecule has 5 heterocycles. The minimum absolute atomic E-state index is 0. The first-order chi connectivity index (χ1) is 58.0. The third kappa shape index (κ3) is 32.1. The fourth-order valence-corrected chi connectivity index (χ4v) is 14.6. The summed E-state index contributed by atoms with van der Waals surface area (Å²) in [6, 6.07) is 99.7. The van der Waals surface area contributed by atoms with E-state index in [0.717, 1.165) is 132 Å². The molecule has 666 valence electrons. The van der Waals surface area contributed by atoms with E-state index in [-0.39, 0.29) is 103 Å². The van der Waals surface area contributed by atoms with Crippen molar-refractivity contribution >= 4 is 49.2 Å². The summed E-state index contributed by atoms with van der Waals surface area (Å²) in [5.41, 5.74) is 30.6. The third-order valence-corrected chi connectivity index (χ3v) is 20.5. The van der Waals surface area contributed by atoms with Gasteiger partial charge in [-0.25, -0.2) is 0 Å². The topological polar surface area (TPSA) is 145 Å². The van der Waals surface area contributed by atoms with Gasteiger partial charge in [-0.2, -0.15) is 0 Å². The quantitative estimate of drug-likeness (QED) is 0.0617. The number of aliphatic hydroxyl groups is 4. The van der Waals surface area contributed by atoms with Crippen molar-refractivity contribution in [1.29, 1.82) is 0 Å².